The van der Waals surface area contributed by atoms with E-state index >= 15 is 0 Å². The highest BCUT2D eigenvalue weighted by Gasteiger charge is 2.29. The third kappa shape index (κ3) is 1.55. The van der Waals surface area contributed by atoms with Gasteiger partial charge >= 0.3 is 5.97 Å². The molecule has 0 aromatic carbocycles. The maximum atomic E-state index is 10.8. The summed E-state index contributed by atoms with van der Waals surface area (Å²) in [6.07, 6.45) is 0.917. The number of rotatable bonds is 2. The molecule has 76 valence electrons. The van der Waals surface area contributed by atoms with Crippen molar-refractivity contribution in [3.05, 3.63) is 15.9 Å². The minimum atomic E-state index is -1.06. The van der Waals surface area contributed by atoms with Crippen LogP contribution in [-0.2, 0) is 0 Å². The van der Waals surface area contributed by atoms with Crippen LogP contribution in [0, 0.1) is 0 Å². The highest BCUT2D eigenvalue weighted by molar-refractivity contribution is 9.10. The molecule has 1 aromatic heterocycles. The second kappa shape index (κ2) is 3.70. The molecule has 1 aliphatic rings. The molecule has 6 heteroatoms. The largest absolute Gasteiger partial charge is 0.475 e. The Hall–Kier alpha value is -0.880. The Bertz CT molecular complexity index is 357. The van der Waals surface area contributed by atoms with Gasteiger partial charge in [0.25, 0.3) is 0 Å². The summed E-state index contributed by atoms with van der Waals surface area (Å²) in [5.74, 6) is -0.933. The number of carbonyl (C=O) groups is 1. The quantitative estimate of drug-likeness (QED) is 0.836. The molecule has 0 bridgehead atoms. The lowest BCUT2D eigenvalue weighted by molar-refractivity contribution is 0.0649. The molecule has 14 heavy (non-hydrogen) atoms. The van der Waals surface area contributed by atoms with E-state index < -0.39 is 5.97 Å². The van der Waals surface area contributed by atoms with E-state index in [0.717, 1.165) is 19.5 Å². The molecular weight excluding hydrogens is 252 g/mol. The van der Waals surface area contributed by atoms with E-state index in [0.29, 0.717) is 10.2 Å². The molecule has 0 aliphatic carbocycles. The molecule has 0 amide bonds. The minimum absolute atomic E-state index is 0.0504. The lowest BCUT2D eigenvalue weighted by Gasteiger charge is -2.05. The Kier molecular flexibility index (Phi) is 2.56. The van der Waals surface area contributed by atoms with Gasteiger partial charge < -0.3 is 14.9 Å². The van der Waals surface area contributed by atoms with Crippen LogP contribution in [0.25, 0.3) is 0 Å². The Morgan fingerprint density at radius 1 is 1.71 bits per heavy atom. The number of carboxylic acid groups (broad SMARTS) is 1. The molecule has 1 fully saturated rings. The van der Waals surface area contributed by atoms with Crippen LogP contribution in [0.1, 0.15) is 28.5 Å². The van der Waals surface area contributed by atoms with Crippen molar-refractivity contribution in [2.75, 3.05) is 13.1 Å². The van der Waals surface area contributed by atoms with Gasteiger partial charge in [-0.2, -0.15) is 0 Å². The van der Waals surface area contributed by atoms with Crippen LogP contribution in [0.5, 0.6) is 0 Å². The fraction of sp³-hybridized carbons (Fsp3) is 0.500. The number of nitrogens with one attached hydrogen (secondary N) is 1. The van der Waals surface area contributed by atoms with Crippen LogP contribution in [0.4, 0.5) is 0 Å². The zero-order chi connectivity index (χ0) is 10.1. The average molecular weight is 261 g/mol. The summed E-state index contributed by atoms with van der Waals surface area (Å²) in [6.45, 7) is 1.68. The zero-order valence-electron chi connectivity index (χ0n) is 7.29. The van der Waals surface area contributed by atoms with E-state index in [4.69, 9.17) is 9.63 Å². The fourth-order valence-electron chi connectivity index (χ4n) is 1.69. The van der Waals surface area contributed by atoms with Gasteiger partial charge in [-0.1, -0.05) is 5.16 Å². The molecule has 1 atom stereocenters. The van der Waals surface area contributed by atoms with Crippen molar-refractivity contribution in [3.8, 4) is 0 Å². The topological polar surface area (TPSA) is 75.4 Å². The van der Waals surface area contributed by atoms with Crippen LogP contribution in [0.3, 0.4) is 0 Å². The maximum Gasteiger partial charge on any atom is 0.375 e. The normalized spacial score (nSPS) is 21.4. The van der Waals surface area contributed by atoms with Gasteiger partial charge in [0, 0.05) is 18.0 Å². The van der Waals surface area contributed by atoms with Crippen molar-refractivity contribution in [1.82, 2.24) is 10.5 Å². The first-order valence-corrected chi connectivity index (χ1v) is 5.08. The monoisotopic (exact) mass is 260 g/mol. The number of aromatic carboxylic acids is 1. The van der Waals surface area contributed by atoms with E-state index in [9.17, 15) is 4.79 Å². The Balaban J connectivity index is 2.38. The van der Waals surface area contributed by atoms with E-state index in [2.05, 4.69) is 26.4 Å². The lowest BCUT2D eigenvalue weighted by atomic mass is 9.99. The van der Waals surface area contributed by atoms with Gasteiger partial charge in [0.1, 0.15) is 0 Å². The number of carboxylic acids is 1. The minimum Gasteiger partial charge on any atom is -0.475 e. The zero-order valence-corrected chi connectivity index (χ0v) is 8.87. The summed E-state index contributed by atoms with van der Waals surface area (Å²) in [4.78, 5) is 10.8. The van der Waals surface area contributed by atoms with Crippen LogP contribution in [0.2, 0.25) is 0 Å². The van der Waals surface area contributed by atoms with E-state index in [1.165, 1.54) is 0 Å². The maximum absolute atomic E-state index is 10.8. The van der Waals surface area contributed by atoms with Gasteiger partial charge in [0.2, 0.25) is 5.76 Å². The number of nitrogens with zero attached hydrogens (tertiary/aromatic N) is 1. The van der Waals surface area contributed by atoms with E-state index in [1.807, 2.05) is 0 Å². The Morgan fingerprint density at radius 2 is 2.50 bits per heavy atom. The lowest BCUT2D eigenvalue weighted by Crippen LogP contribution is -2.10. The van der Waals surface area contributed by atoms with Crippen molar-refractivity contribution >= 4 is 21.9 Å². The fourth-order valence-corrected chi connectivity index (χ4v) is 2.26. The number of halogens is 1. The van der Waals surface area contributed by atoms with E-state index in [1.54, 1.807) is 0 Å². The molecule has 0 spiro atoms. The number of hydrogen-bond acceptors (Lipinski definition) is 4. The van der Waals surface area contributed by atoms with Gasteiger partial charge in [0.05, 0.1) is 0 Å². The third-order valence-corrected chi connectivity index (χ3v) is 2.92. The predicted octanol–water partition coefficient (Wildman–Crippen LogP) is 1.21. The van der Waals surface area contributed by atoms with Crippen molar-refractivity contribution in [2.24, 2.45) is 0 Å². The van der Waals surface area contributed by atoms with Gasteiger partial charge in [-0.05, 0) is 28.9 Å². The number of aromatic nitrogens is 1. The summed E-state index contributed by atoms with van der Waals surface area (Å²) >= 11 is 3.20. The molecule has 0 saturated carbocycles. The second-order valence-corrected chi connectivity index (χ2v) is 3.96. The van der Waals surface area contributed by atoms with Crippen LogP contribution >= 0.6 is 15.9 Å². The summed E-state index contributed by atoms with van der Waals surface area (Å²) < 4.78 is 5.25. The van der Waals surface area contributed by atoms with Crippen molar-refractivity contribution < 1.29 is 14.4 Å². The molecule has 1 aromatic rings. The third-order valence-electron chi connectivity index (χ3n) is 2.35. The van der Waals surface area contributed by atoms with Crippen molar-refractivity contribution in [2.45, 2.75) is 12.3 Å². The van der Waals surface area contributed by atoms with Gasteiger partial charge in [0.15, 0.2) is 4.60 Å². The standard InChI is InChI=1S/C8H9BrN2O3/c9-7-5(4-1-2-10-3-4)6(8(12)13)14-11-7/h4,10H,1-3H2,(H,12,13). The van der Waals surface area contributed by atoms with Crippen LogP contribution in [-0.4, -0.2) is 29.3 Å². The Morgan fingerprint density at radius 3 is 3.07 bits per heavy atom. The van der Waals surface area contributed by atoms with Gasteiger partial charge in [-0.15, -0.1) is 0 Å². The highest BCUT2D eigenvalue weighted by Crippen LogP contribution is 2.31. The highest BCUT2D eigenvalue weighted by atomic mass is 79.9. The first-order valence-electron chi connectivity index (χ1n) is 4.29. The van der Waals surface area contributed by atoms with E-state index in [-0.39, 0.29) is 11.7 Å². The average Bonchev–Trinajstić information content (AvgIpc) is 2.71. The summed E-state index contributed by atoms with van der Waals surface area (Å²) in [6, 6.07) is 0. The Labute approximate surface area is 88.6 Å². The molecule has 5 nitrogen and oxygen atoms in total. The second-order valence-electron chi connectivity index (χ2n) is 3.21. The smallest absolute Gasteiger partial charge is 0.375 e. The van der Waals surface area contributed by atoms with Crippen LogP contribution in [0.15, 0.2) is 9.13 Å². The SMILES string of the molecule is O=C(O)c1onc(Br)c1C1CCNC1. The molecule has 2 rings (SSSR count). The van der Waals surface area contributed by atoms with Gasteiger partial charge in [-0.25, -0.2) is 4.79 Å². The molecule has 1 unspecified atom stereocenters. The molecule has 2 heterocycles. The first kappa shape index (κ1) is 9.67. The van der Waals surface area contributed by atoms with Crippen molar-refractivity contribution in [3.63, 3.8) is 0 Å². The predicted molar refractivity (Wildman–Crippen MR) is 51.4 cm³/mol. The van der Waals surface area contributed by atoms with Gasteiger partial charge in [-0.3, -0.25) is 0 Å². The molecule has 1 saturated heterocycles. The molecule has 0 radical (unpaired) electrons. The molecule has 2 N–H and O–H groups in total. The summed E-state index contributed by atoms with van der Waals surface area (Å²) in [7, 11) is 0. The first-order chi connectivity index (χ1) is 6.70. The molecule has 1 aliphatic heterocycles. The van der Waals surface area contributed by atoms with Crippen LogP contribution < -0.4 is 5.32 Å². The summed E-state index contributed by atoms with van der Waals surface area (Å²) in [5.41, 5.74) is 0.669. The van der Waals surface area contributed by atoms with Crippen molar-refractivity contribution in [1.29, 1.82) is 0 Å². The number of hydrogen-bond donors (Lipinski definition) is 2. The molecular formula is C8H9BrN2O3. The summed E-state index contributed by atoms with van der Waals surface area (Å²) in [5, 5.41) is 15.7.